The van der Waals surface area contributed by atoms with Crippen molar-refractivity contribution in [3.8, 4) is 0 Å². The molecule has 2 aromatic rings. The van der Waals surface area contributed by atoms with Crippen LogP contribution in [0.15, 0.2) is 36.5 Å². The summed E-state index contributed by atoms with van der Waals surface area (Å²) in [7, 11) is 0. The van der Waals surface area contributed by atoms with Gasteiger partial charge in [0.25, 0.3) is 0 Å². The summed E-state index contributed by atoms with van der Waals surface area (Å²) in [4.78, 5) is 12.0. The minimum Gasteiger partial charge on any atom is -0.314 e. The first-order valence-electron chi connectivity index (χ1n) is 5.04. The van der Waals surface area contributed by atoms with E-state index in [0.717, 1.165) is 17.1 Å². The lowest BCUT2D eigenvalue weighted by atomic mass is 9.92. The summed E-state index contributed by atoms with van der Waals surface area (Å²) in [5.74, 6) is -0.283. The first-order chi connectivity index (χ1) is 8.10. The molecular formula is C11H12N4OS. The van der Waals surface area contributed by atoms with Crippen LogP contribution in [-0.4, -0.2) is 15.5 Å². The predicted octanol–water partition coefficient (Wildman–Crippen LogP) is 1.35. The summed E-state index contributed by atoms with van der Waals surface area (Å²) in [6.07, 6.45) is 1.49. The third-order valence-corrected chi connectivity index (χ3v) is 3.02. The highest BCUT2D eigenvalue weighted by Crippen LogP contribution is 2.20. The molecule has 1 amide bonds. The van der Waals surface area contributed by atoms with Crippen LogP contribution in [0.2, 0.25) is 0 Å². The van der Waals surface area contributed by atoms with Crippen LogP contribution in [-0.2, 0) is 10.3 Å². The molecule has 0 saturated carbocycles. The van der Waals surface area contributed by atoms with Crippen molar-refractivity contribution in [3.63, 3.8) is 0 Å². The second-order valence-corrected chi connectivity index (χ2v) is 4.59. The Hall–Kier alpha value is -1.79. The molecule has 0 radical (unpaired) electrons. The molecule has 1 aromatic carbocycles. The SMILES string of the molecule is CC(N)(C(=O)Nc1cnns1)c1ccccc1. The summed E-state index contributed by atoms with van der Waals surface area (Å²) in [5.41, 5.74) is 5.73. The molecule has 17 heavy (non-hydrogen) atoms. The highest BCUT2D eigenvalue weighted by molar-refractivity contribution is 7.10. The molecule has 88 valence electrons. The number of nitrogens with two attached hydrogens (primary N) is 1. The summed E-state index contributed by atoms with van der Waals surface area (Å²) < 4.78 is 3.67. The van der Waals surface area contributed by atoms with Crippen molar-refractivity contribution in [1.82, 2.24) is 9.59 Å². The van der Waals surface area contributed by atoms with E-state index in [4.69, 9.17) is 5.73 Å². The van der Waals surface area contributed by atoms with Gasteiger partial charge in [-0.1, -0.05) is 34.8 Å². The Morgan fingerprint density at radius 1 is 1.41 bits per heavy atom. The maximum absolute atomic E-state index is 12.0. The van der Waals surface area contributed by atoms with Gasteiger partial charge in [-0.25, -0.2) is 0 Å². The molecule has 0 aliphatic carbocycles. The number of benzene rings is 1. The average Bonchev–Trinajstić information content (AvgIpc) is 2.83. The number of nitrogens with one attached hydrogen (secondary N) is 1. The molecule has 1 unspecified atom stereocenters. The lowest BCUT2D eigenvalue weighted by Crippen LogP contribution is -2.45. The first-order valence-corrected chi connectivity index (χ1v) is 5.81. The zero-order valence-electron chi connectivity index (χ0n) is 9.25. The van der Waals surface area contributed by atoms with Crippen LogP contribution in [0.3, 0.4) is 0 Å². The molecule has 2 rings (SSSR count). The lowest BCUT2D eigenvalue weighted by Gasteiger charge is -2.23. The summed E-state index contributed by atoms with van der Waals surface area (Å²) in [6, 6.07) is 9.23. The standard InChI is InChI=1S/C11H12N4OS/c1-11(12,8-5-3-2-4-6-8)10(16)14-9-7-13-15-17-9/h2-7H,12H2,1H3,(H,14,16). The highest BCUT2D eigenvalue weighted by Gasteiger charge is 2.30. The minimum atomic E-state index is -1.08. The van der Waals surface area contributed by atoms with Gasteiger partial charge in [0.2, 0.25) is 5.91 Å². The Bertz CT molecular complexity index is 495. The van der Waals surface area contributed by atoms with E-state index in [-0.39, 0.29) is 5.91 Å². The maximum Gasteiger partial charge on any atom is 0.249 e. The quantitative estimate of drug-likeness (QED) is 0.859. The Morgan fingerprint density at radius 2 is 2.12 bits per heavy atom. The minimum absolute atomic E-state index is 0.283. The third kappa shape index (κ3) is 2.48. The van der Waals surface area contributed by atoms with Crippen molar-refractivity contribution in [2.45, 2.75) is 12.5 Å². The zero-order valence-corrected chi connectivity index (χ0v) is 10.1. The van der Waals surface area contributed by atoms with Crippen molar-refractivity contribution in [3.05, 3.63) is 42.1 Å². The first kappa shape index (κ1) is 11.7. The molecule has 0 aliphatic heterocycles. The molecule has 0 spiro atoms. The topological polar surface area (TPSA) is 80.9 Å². The number of carbonyl (C=O) groups excluding carboxylic acids is 1. The Labute approximate surface area is 103 Å². The average molecular weight is 248 g/mol. The van der Waals surface area contributed by atoms with E-state index >= 15 is 0 Å². The van der Waals surface area contributed by atoms with Crippen molar-refractivity contribution < 1.29 is 4.79 Å². The molecule has 0 aliphatic rings. The van der Waals surface area contributed by atoms with E-state index in [9.17, 15) is 4.79 Å². The number of anilines is 1. The van der Waals surface area contributed by atoms with Crippen molar-refractivity contribution in [2.24, 2.45) is 5.73 Å². The Morgan fingerprint density at radius 3 is 2.71 bits per heavy atom. The largest absolute Gasteiger partial charge is 0.314 e. The molecule has 0 saturated heterocycles. The molecule has 5 nitrogen and oxygen atoms in total. The van der Waals surface area contributed by atoms with Gasteiger partial charge in [-0.15, -0.1) is 5.10 Å². The molecule has 0 fully saturated rings. The Kier molecular flexibility index (Phi) is 3.16. The van der Waals surface area contributed by atoms with Crippen LogP contribution in [0, 0.1) is 0 Å². The molecule has 1 heterocycles. The fraction of sp³-hybridized carbons (Fsp3) is 0.182. The molecule has 6 heteroatoms. The number of carbonyl (C=O) groups is 1. The van der Waals surface area contributed by atoms with E-state index < -0.39 is 5.54 Å². The van der Waals surface area contributed by atoms with Crippen LogP contribution < -0.4 is 11.1 Å². The third-order valence-electron chi connectivity index (χ3n) is 2.44. The second-order valence-electron chi connectivity index (χ2n) is 3.80. The van der Waals surface area contributed by atoms with Gasteiger partial charge in [0.05, 0.1) is 6.20 Å². The molecule has 1 atom stereocenters. The number of aromatic nitrogens is 2. The van der Waals surface area contributed by atoms with E-state index in [0.29, 0.717) is 5.00 Å². The smallest absolute Gasteiger partial charge is 0.249 e. The van der Waals surface area contributed by atoms with Gasteiger partial charge in [0.15, 0.2) is 0 Å². The van der Waals surface area contributed by atoms with Crippen molar-refractivity contribution >= 4 is 22.4 Å². The van der Waals surface area contributed by atoms with Gasteiger partial charge < -0.3 is 11.1 Å². The van der Waals surface area contributed by atoms with Gasteiger partial charge in [-0.3, -0.25) is 4.79 Å². The van der Waals surface area contributed by atoms with E-state index in [1.54, 1.807) is 6.92 Å². The molecule has 0 bridgehead atoms. The zero-order chi connectivity index (χ0) is 12.3. The van der Waals surface area contributed by atoms with Gasteiger partial charge >= 0.3 is 0 Å². The van der Waals surface area contributed by atoms with Gasteiger partial charge in [-0.2, -0.15) is 0 Å². The number of amides is 1. The van der Waals surface area contributed by atoms with Crippen LogP contribution in [0.4, 0.5) is 5.00 Å². The highest BCUT2D eigenvalue weighted by atomic mass is 32.1. The summed E-state index contributed by atoms with van der Waals surface area (Å²) in [6.45, 7) is 1.67. The van der Waals surface area contributed by atoms with Crippen LogP contribution in [0.25, 0.3) is 0 Å². The number of rotatable bonds is 3. The molecular weight excluding hydrogens is 236 g/mol. The monoisotopic (exact) mass is 248 g/mol. The van der Waals surface area contributed by atoms with Gasteiger partial charge in [0, 0.05) is 11.5 Å². The van der Waals surface area contributed by atoms with E-state index in [1.807, 2.05) is 30.3 Å². The van der Waals surface area contributed by atoms with Gasteiger partial charge in [0.1, 0.15) is 10.5 Å². The second kappa shape index (κ2) is 4.60. The predicted molar refractivity (Wildman–Crippen MR) is 66.5 cm³/mol. The number of hydrogen-bond acceptors (Lipinski definition) is 5. The Balaban J connectivity index is 2.18. The van der Waals surface area contributed by atoms with Crippen LogP contribution in [0.1, 0.15) is 12.5 Å². The van der Waals surface area contributed by atoms with Crippen molar-refractivity contribution in [2.75, 3.05) is 5.32 Å². The van der Waals surface area contributed by atoms with Crippen molar-refractivity contribution in [1.29, 1.82) is 0 Å². The lowest BCUT2D eigenvalue weighted by molar-refractivity contribution is -0.120. The fourth-order valence-corrected chi connectivity index (χ4v) is 1.79. The summed E-state index contributed by atoms with van der Waals surface area (Å²) in [5, 5.41) is 6.92. The molecule has 3 N–H and O–H groups in total. The van der Waals surface area contributed by atoms with E-state index in [1.165, 1.54) is 6.20 Å². The maximum atomic E-state index is 12.0. The van der Waals surface area contributed by atoms with Gasteiger partial charge in [-0.05, 0) is 12.5 Å². The van der Waals surface area contributed by atoms with Crippen LogP contribution >= 0.6 is 11.5 Å². The number of hydrogen-bond donors (Lipinski definition) is 2. The number of nitrogens with zero attached hydrogens (tertiary/aromatic N) is 2. The summed E-state index contributed by atoms with van der Waals surface area (Å²) >= 11 is 1.11. The normalized spacial score (nSPS) is 14.0. The fourth-order valence-electron chi connectivity index (χ4n) is 1.38. The van der Waals surface area contributed by atoms with Crippen LogP contribution in [0.5, 0.6) is 0 Å². The van der Waals surface area contributed by atoms with E-state index in [2.05, 4.69) is 14.9 Å². The molecule has 1 aromatic heterocycles.